The Morgan fingerprint density at radius 1 is 1.00 bits per heavy atom. The molecule has 58 valence electrons. The maximum Gasteiger partial charge on any atom is 0.0313 e. The first-order valence-electron chi connectivity index (χ1n) is 3.35. The smallest absolute Gasteiger partial charge is 0.0313 e. The number of hydrogen-bond acceptors (Lipinski definition) is 1. The van der Waals surface area contributed by atoms with Crippen molar-refractivity contribution in [2.75, 3.05) is 0 Å². The van der Waals surface area contributed by atoms with Gasteiger partial charge in [-0.2, -0.15) is 0 Å². The number of nitrogens with two attached hydrogens (primary N) is 1. The van der Waals surface area contributed by atoms with Crippen LogP contribution in [0.1, 0.15) is 0 Å². The van der Waals surface area contributed by atoms with Crippen molar-refractivity contribution in [3.8, 4) is 0 Å². The van der Waals surface area contributed by atoms with Crippen molar-refractivity contribution >= 4 is 0 Å². The van der Waals surface area contributed by atoms with Gasteiger partial charge in [-0.1, -0.05) is 43.5 Å². The fourth-order valence-electron chi connectivity index (χ4n) is 0.501. The number of allylic oxidation sites excluding steroid dienone is 7. The highest BCUT2D eigenvalue weighted by Gasteiger charge is 1.73. The van der Waals surface area contributed by atoms with Crippen molar-refractivity contribution in [1.29, 1.82) is 0 Å². The molecule has 11 heavy (non-hydrogen) atoms. The van der Waals surface area contributed by atoms with E-state index in [1.54, 1.807) is 24.3 Å². The van der Waals surface area contributed by atoms with Crippen molar-refractivity contribution in [3.05, 3.63) is 61.4 Å². The molecule has 0 unspecified atom stereocenters. The largest absolute Gasteiger partial charge is 0.399 e. The van der Waals surface area contributed by atoms with Gasteiger partial charge in [-0.3, -0.25) is 0 Å². The molecule has 0 aromatic heterocycles. The molecule has 0 aliphatic carbocycles. The summed E-state index contributed by atoms with van der Waals surface area (Å²) in [5.74, 6) is 0. The van der Waals surface area contributed by atoms with Gasteiger partial charge in [-0.15, -0.1) is 0 Å². The third kappa shape index (κ3) is 6.38. The highest BCUT2D eigenvalue weighted by atomic mass is 14.5. The van der Waals surface area contributed by atoms with Crippen molar-refractivity contribution in [3.63, 3.8) is 0 Å². The predicted octanol–water partition coefficient (Wildman–Crippen LogP) is 2.31. The molecule has 0 aromatic rings. The Hall–Kier alpha value is -1.50. The molecule has 0 radical (unpaired) electrons. The molecule has 0 saturated heterocycles. The molecule has 0 saturated carbocycles. The molecule has 0 aromatic carbocycles. The zero-order chi connectivity index (χ0) is 8.53. The summed E-state index contributed by atoms with van der Waals surface area (Å²) in [6, 6.07) is 0. The lowest BCUT2D eigenvalue weighted by atomic mass is 10.3. The summed E-state index contributed by atoms with van der Waals surface area (Å²) < 4.78 is 0. The Balaban J connectivity index is 3.91. The second-order valence-electron chi connectivity index (χ2n) is 1.88. The van der Waals surface area contributed by atoms with E-state index < -0.39 is 0 Å². The molecule has 0 spiro atoms. The molecule has 1 nitrogen and oxygen atoms in total. The molecule has 0 aliphatic rings. The predicted molar refractivity (Wildman–Crippen MR) is 50.9 cm³/mol. The number of hydrogen-bond donors (Lipinski definition) is 1. The van der Waals surface area contributed by atoms with E-state index in [-0.39, 0.29) is 0 Å². The number of rotatable bonds is 4. The van der Waals surface area contributed by atoms with Gasteiger partial charge in [0.05, 0.1) is 0 Å². The Labute approximate surface area is 67.9 Å². The van der Waals surface area contributed by atoms with Gasteiger partial charge in [0.15, 0.2) is 0 Å². The lowest BCUT2D eigenvalue weighted by Gasteiger charge is -1.85. The Kier molecular flexibility index (Phi) is 5.72. The van der Waals surface area contributed by atoms with Crippen LogP contribution in [0.25, 0.3) is 0 Å². The second-order valence-corrected chi connectivity index (χ2v) is 1.88. The van der Waals surface area contributed by atoms with Gasteiger partial charge >= 0.3 is 0 Å². The van der Waals surface area contributed by atoms with Crippen LogP contribution in [0.2, 0.25) is 0 Å². The third-order valence-corrected chi connectivity index (χ3v) is 0.957. The van der Waals surface area contributed by atoms with E-state index in [0.29, 0.717) is 5.70 Å². The molecule has 1 heteroatoms. The molecular weight excluding hydrogens is 134 g/mol. The normalized spacial score (nSPS) is 12.5. The lowest BCUT2D eigenvalue weighted by Crippen LogP contribution is -1.90. The van der Waals surface area contributed by atoms with Crippen LogP contribution in [0.5, 0.6) is 0 Å². The van der Waals surface area contributed by atoms with Crippen molar-refractivity contribution in [2.24, 2.45) is 5.73 Å². The van der Waals surface area contributed by atoms with Crippen LogP contribution in [0.15, 0.2) is 61.4 Å². The fraction of sp³-hybridized carbons (Fsp3) is 0. The average molecular weight is 147 g/mol. The summed E-state index contributed by atoms with van der Waals surface area (Å²) in [6.45, 7) is 7.05. The van der Waals surface area contributed by atoms with Gasteiger partial charge in [-0.25, -0.2) is 0 Å². The van der Waals surface area contributed by atoms with E-state index in [2.05, 4.69) is 13.2 Å². The van der Waals surface area contributed by atoms with Crippen LogP contribution in [-0.2, 0) is 0 Å². The summed E-state index contributed by atoms with van der Waals surface area (Å²) in [7, 11) is 0. The minimum absolute atomic E-state index is 0.689. The van der Waals surface area contributed by atoms with Gasteiger partial charge < -0.3 is 5.73 Å². The molecule has 0 fully saturated rings. The van der Waals surface area contributed by atoms with E-state index in [9.17, 15) is 0 Å². The molecule has 0 rings (SSSR count). The zero-order valence-electron chi connectivity index (χ0n) is 6.53. The van der Waals surface area contributed by atoms with Crippen LogP contribution < -0.4 is 5.73 Å². The van der Waals surface area contributed by atoms with E-state index in [1.165, 1.54) is 0 Å². The Bertz CT molecular complexity index is 207. The van der Waals surface area contributed by atoms with Gasteiger partial charge in [0.1, 0.15) is 0 Å². The van der Waals surface area contributed by atoms with Crippen LogP contribution in [0.3, 0.4) is 0 Å². The first kappa shape index (κ1) is 9.50. The second kappa shape index (κ2) is 6.62. The van der Waals surface area contributed by atoms with Crippen LogP contribution in [-0.4, -0.2) is 0 Å². The van der Waals surface area contributed by atoms with E-state index in [0.717, 1.165) is 0 Å². The zero-order valence-corrected chi connectivity index (χ0v) is 6.53. The highest BCUT2D eigenvalue weighted by Crippen LogP contribution is 1.87. The standard InChI is InChI=1S/C10H13N/c1-3-5-6-7-9-10(11)8-4-2/h3-9H,1-2,11H2/b6-5-,9-7-,10-8+. The molecule has 0 heterocycles. The molecule has 0 amide bonds. The van der Waals surface area contributed by atoms with E-state index in [4.69, 9.17) is 5.73 Å². The summed E-state index contributed by atoms with van der Waals surface area (Å²) in [5, 5.41) is 0. The average Bonchev–Trinajstić information content (AvgIpc) is 1.99. The van der Waals surface area contributed by atoms with Gasteiger partial charge in [0, 0.05) is 5.70 Å². The highest BCUT2D eigenvalue weighted by molar-refractivity contribution is 5.23. The maximum atomic E-state index is 5.51. The van der Waals surface area contributed by atoms with Crippen molar-refractivity contribution in [2.45, 2.75) is 0 Å². The van der Waals surface area contributed by atoms with Crippen LogP contribution in [0, 0.1) is 0 Å². The summed E-state index contributed by atoms with van der Waals surface area (Å²) >= 11 is 0. The molecular formula is C10H13N. The fourth-order valence-corrected chi connectivity index (χ4v) is 0.501. The molecule has 0 aliphatic heterocycles. The van der Waals surface area contributed by atoms with Crippen LogP contribution >= 0.6 is 0 Å². The molecule has 0 bridgehead atoms. The van der Waals surface area contributed by atoms with E-state index >= 15 is 0 Å². The molecule has 2 N–H and O–H groups in total. The maximum absolute atomic E-state index is 5.51. The monoisotopic (exact) mass is 147 g/mol. The lowest BCUT2D eigenvalue weighted by molar-refractivity contribution is 1.43. The van der Waals surface area contributed by atoms with Crippen LogP contribution in [0.4, 0.5) is 0 Å². The minimum atomic E-state index is 0.689. The first-order valence-corrected chi connectivity index (χ1v) is 3.35. The Morgan fingerprint density at radius 2 is 1.73 bits per heavy atom. The minimum Gasteiger partial charge on any atom is -0.399 e. The topological polar surface area (TPSA) is 26.0 Å². The Morgan fingerprint density at radius 3 is 2.27 bits per heavy atom. The SMILES string of the molecule is C=C\C=C/C=C\C(N)=C/C=C. The summed E-state index contributed by atoms with van der Waals surface area (Å²) in [6.07, 6.45) is 12.4. The van der Waals surface area contributed by atoms with Gasteiger partial charge in [0.2, 0.25) is 0 Å². The summed E-state index contributed by atoms with van der Waals surface area (Å²) in [5.41, 5.74) is 6.20. The first-order chi connectivity index (χ1) is 5.31. The van der Waals surface area contributed by atoms with Crippen molar-refractivity contribution < 1.29 is 0 Å². The van der Waals surface area contributed by atoms with Crippen molar-refractivity contribution in [1.82, 2.24) is 0 Å². The van der Waals surface area contributed by atoms with Gasteiger partial charge in [-0.05, 0) is 12.2 Å². The third-order valence-electron chi connectivity index (χ3n) is 0.957. The molecule has 0 atom stereocenters. The quantitative estimate of drug-likeness (QED) is 0.607. The van der Waals surface area contributed by atoms with Gasteiger partial charge in [0.25, 0.3) is 0 Å². The van der Waals surface area contributed by atoms with E-state index in [1.807, 2.05) is 18.2 Å². The summed E-state index contributed by atoms with van der Waals surface area (Å²) in [4.78, 5) is 0.